The lowest BCUT2D eigenvalue weighted by atomic mass is 9.99. The maximum absolute atomic E-state index is 13.1. The number of methoxy groups -OCH3 is 2. The maximum Gasteiger partial charge on any atom is 0.262 e. The van der Waals surface area contributed by atoms with E-state index in [0.29, 0.717) is 5.69 Å². The topological polar surface area (TPSA) is 111 Å². The Kier molecular flexibility index (Phi) is 6.60. The van der Waals surface area contributed by atoms with E-state index in [4.69, 9.17) is 15.2 Å². The van der Waals surface area contributed by atoms with Crippen LogP contribution in [0.3, 0.4) is 0 Å². The molecular formula is C26H26N4O4. The van der Waals surface area contributed by atoms with E-state index in [2.05, 4.69) is 9.97 Å². The lowest BCUT2D eigenvalue weighted by molar-refractivity contribution is -0.126. The van der Waals surface area contributed by atoms with Crippen LogP contribution in [0.15, 0.2) is 60.9 Å². The summed E-state index contributed by atoms with van der Waals surface area (Å²) in [6.45, 7) is 1.73. The van der Waals surface area contributed by atoms with Crippen molar-refractivity contribution in [1.82, 2.24) is 14.9 Å². The SMILES string of the molecule is COCCN(C(C)=O)C(=O)c1cc(-c2cnc3[nH]cc(-c4ccccc4OC)c3c2)ccc1N. The molecule has 0 unspecified atom stereocenters. The first-order valence-electron chi connectivity index (χ1n) is 10.8. The number of H-pyrrole nitrogens is 1. The smallest absolute Gasteiger partial charge is 0.262 e. The Hall–Kier alpha value is -4.17. The van der Waals surface area contributed by atoms with Crippen LogP contribution in [0.1, 0.15) is 17.3 Å². The number of hydrogen-bond acceptors (Lipinski definition) is 6. The number of ether oxygens (including phenoxy) is 2. The molecule has 2 aromatic carbocycles. The summed E-state index contributed by atoms with van der Waals surface area (Å²) in [5.41, 5.74) is 10.9. The Labute approximate surface area is 197 Å². The van der Waals surface area contributed by atoms with E-state index in [1.807, 2.05) is 42.6 Å². The molecule has 0 radical (unpaired) electrons. The monoisotopic (exact) mass is 458 g/mol. The number of nitrogen functional groups attached to an aromatic ring is 1. The van der Waals surface area contributed by atoms with Gasteiger partial charge in [-0.05, 0) is 29.8 Å². The third kappa shape index (κ3) is 4.35. The lowest BCUT2D eigenvalue weighted by Gasteiger charge is -2.20. The van der Waals surface area contributed by atoms with Gasteiger partial charge < -0.3 is 20.2 Å². The van der Waals surface area contributed by atoms with Gasteiger partial charge in [-0.1, -0.05) is 24.3 Å². The first-order valence-corrected chi connectivity index (χ1v) is 10.8. The molecule has 0 aliphatic carbocycles. The molecule has 0 aliphatic rings. The second kappa shape index (κ2) is 9.76. The van der Waals surface area contributed by atoms with Gasteiger partial charge >= 0.3 is 0 Å². The van der Waals surface area contributed by atoms with E-state index in [1.165, 1.54) is 14.0 Å². The number of para-hydroxylation sites is 1. The number of hydrogen-bond donors (Lipinski definition) is 2. The van der Waals surface area contributed by atoms with Crippen molar-refractivity contribution in [3.8, 4) is 28.0 Å². The van der Waals surface area contributed by atoms with Gasteiger partial charge in [0.2, 0.25) is 5.91 Å². The largest absolute Gasteiger partial charge is 0.496 e. The minimum atomic E-state index is -0.464. The number of imide groups is 1. The molecule has 0 aliphatic heterocycles. The Morgan fingerprint density at radius 1 is 1.06 bits per heavy atom. The first kappa shape index (κ1) is 23.0. The second-order valence-corrected chi connectivity index (χ2v) is 7.79. The fourth-order valence-electron chi connectivity index (χ4n) is 3.90. The molecule has 4 rings (SSSR count). The van der Waals surface area contributed by atoms with Crippen molar-refractivity contribution in [3.63, 3.8) is 0 Å². The molecule has 0 saturated heterocycles. The van der Waals surface area contributed by atoms with E-state index in [9.17, 15) is 9.59 Å². The highest BCUT2D eigenvalue weighted by Gasteiger charge is 2.22. The van der Waals surface area contributed by atoms with Crippen molar-refractivity contribution in [1.29, 1.82) is 0 Å². The summed E-state index contributed by atoms with van der Waals surface area (Å²) in [6.07, 6.45) is 3.63. The van der Waals surface area contributed by atoms with Gasteiger partial charge in [-0.2, -0.15) is 0 Å². The normalized spacial score (nSPS) is 10.9. The van der Waals surface area contributed by atoms with Crippen LogP contribution in [0.4, 0.5) is 5.69 Å². The Bertz CT molecular complexity index is 1360. The van der Waals surface area contributed by atoms with E-state index >= 15 is 0 Å². The van der Waals surface area contributed by atoms with E-state index in [0.717, 1.165) is 43.9 Å². The van der Waals surface area contributed by atoms with Gasteiger partial charge in [0.1, 0.15) is 11.4 Å². The number of amides is 2. The van der Waals surface area contributed by atoms with Crippen molar-refractivity contribution in [2.75, 3.05) is 33.1 Å². The number of rotatable bonds is 7. The minimum absolute atomic E-state index is 0.146. The van der Waals surface area contributed by atoms with Gasteiger partial charge in [0.15, 0.2) is 0 Å². The number of aromatic nitrogens is 2. The summed E-state index contributed by atoms with van der Waals surface area (Å²) in [7, 11) is 3.16. The summed E-state index contributed by atoms with van der Waals surface area (Å²) in [4.78, 5) is 34.1. The second-order valence-electron chi connectivity index (χ2n) is 7.79. The molecule has 0 fully saturated rings. The van der Waals surface area contributed by atoms with Gasteiger partial charge in [0, 0.05) is 54.2 Å². The summed E-state index contributed by atoms with van der Waals surface area (Å²) in [5.74, 6) is -0.0763. The average molecular weight is 459 g/mol. The standard InChI is InChI=1S/C26H26N4O4/c1-16(31)30(10-11-33-2)26(32)21-12-17(8-9-23(21)27)18-13-20-22(15-29-25(20)28-14-18)19-6-4-5-7-24(19)34-3/h4-9,12-15H,10-11,27H2,1-3H3,(H,28,29). The third-order valence-corrected chi connectivity index (χ3v) is 5.69. The predicted octanol–water partition coefficient (Wildman–Crippen LogP) is 4.12. The van der Waals surface area contributed by atoms with Crippen LogP contribution in [0.2, 0.25) is 0 Å². The third-order valence-electron chi connectivity index (χ3n) is 5.69. The van der Waals surface area contributed by atoms with Crippen molar-refractivity contribution in [3.05, 3.63) is 66.5 Å². The van der Waals surface area contributed by atoms with Crippen LogP contribution >= 0.6 is 0 Å². The zero-order chi connectivity index (χ0) is 24.2. The number of pyridine rings is 1. The molecule has 3 N–H and O–H groups in total. The fraction of sp³-hybridized carbons (Fsp3) is 0.192. The highest BCUT2D eigenvalue weighted by Crippen LogP contribution is 2.36. The predicted molar refractivity (Wildman–Crippen MR) is 132 cm³/mol. The molecule has 0 atom stereocenters. The number of fused-ring (bicyclic) bond motifs is 1. The molecule has 2 heterocycles. The first-order chi connectivity index (χ1) is 16.4. The van der Waals surface area contributed by atoms with Crippen LogP contribution in [-0.2, 0) is 9.53 Å². The molecule has 8 heteroatoms. The van der Waals surface area contributed by atoms with Crippen LogP contribution in [0.5, 0.6) is 5.75 Å². The van der Waals surface area contributed by atoms with Gasteiger partial charge in [-0.3, -0.25) is 14.5 Å². The van der Waals surface area contributed by atoms with Crippen LogP contribution < -0.4 is 10.5 Å². The number of anilines is 1. The zero-order valence-electron chi connectivity index (χ0n) is 19.3. The summed E-state index contributed by atoms with van der Waals surface area (Å²) >= 11 is 0. The quantitative estimate of drug-likeness (QED) is 0.403. The zero-order valence-corrected chi connectivity index (χ0v) is 19.3. The molecule has 2 amide bonds. The maximum atomic E-state index is 13.1. The van der Waals surface area contributed by atoms with Crippen molar-refractivity contribution < 1.29 is 19.1 Å². The molecule has 0 bridgehead atoms. The van der Waals surface area contributed by atoms with Crippen LogP contribution in [-0.4, -0.2) is 54.1 Å². The molecular weight excluding hydrogens is 432 g/mol. The summed E-state index contributed by atoms with van der Waals surface area (Å²) in [6, 6.07) is 15.0. The Morgan fingerprint density at radius 3 is 2.59 bits per heavy atom. The summed E-state index contributed by atoms with van der Waals surface area (Å²) < 4.78 is 10.6. The van der Waals surface area contributed by atoms with Crippen molar-refractivity contribution in [2.24, 2.45) is 0 Å². The number of nitrogens with one attached hydrogen (secondary N) is 1. The van der Waals surface area contributed by atoms with Crippen molar-refractivity contribution >= 4 is 28.5 Å². The van der Waals surface area contributed by atoms with E-state index < -0.39 is 5.91 Å². The van der Waals surface area contributed by atoms with Crippen LogP contribution in [0, 0.1) is 0 Å². The van der Waals surface area contributed by atoms with E-state index in [1.54, 1.807) is 25.4 Å². The molecule has 0 saturated carbocycles. The average Bonchev–Trinajstić information content (AvgIpc) is 3.27. The van der Waals surface area contributed by atoms with Crippen LogP contribution in [0.25, 0.3) is 33.3 Å². The number of aromatic amines is 1. The molecule has 0 spiro atoms. The highest BCUT2D eigenvalue weighted by atomic mass is 16.5. The number of benzene rings is 2. The number of carbonyl (C=O) groups excluding carboxylic acids is 2. The lowest BCUT2D eigenvalue weighted by Crippen LogP contribution is -2.38. The summed E-state index contributed by atoms with van der Waals surface area (Å²) in [5, 5.41) is 0.914. The van der Waals surface area contributed by atoms with Gasteiger partial charge in [-0.15, -0.1) is 0 Å². The Balaban J connectivity index is 1.77. The van der Waals surface area contributed by atoms with E-state index in [-0.39, 0.29) is 24.6 Å². The van der Waals surface area contributed by atoms with Crippen molar-refractivity contribution in [2.45, 2.75) is 6.92 Å². The molecule has 174 valence electrons. The number of nitrogens with two attached hydrogens (primary N) is 1. The number of nitrogens with zero attached hydrogens (tertiary/aromatic N) is 2. The molecule has 4 aromatic rings. The highest BCUT2D eigenvalue weighted by molar-refractivity contribution is 6.08. The number of carbonyl (C=O) groups is 2. The Morgan fingerprint density at radius 2 is 1.85 bits per heavy atom. The minimum Gasteiger partial charge on any atom is -0.496 e. The fourth-order valence-corrected chi connectivity index (χ4v) is 3.90. The molecule has 2 aromatic heterocycles. The van der Waals surface area contributed by atoms with Gasteiger partial charge in [-0.25, -0.2) is 4.98 Å². The molecule has 8 nitrogen and oxygen atoms in total. The molecule has 34 heavy (non-hydrogen) atoms. The van der Waals surface area contributed by atoms with Gasteiger partial charge in [0.25, 0.3) is 5.91 Å². The van der Waals surface area contributed by atoms with Gasteiger partial charge in [0.05, 0.1) is 25.8 Å².